The second-order valence-electron chi connectivity index (χ2n) is 6.79. The molecule has 0 bridgehead atoms. The quantitative estimate of drug-likeness (QED) is 0.880. The van der Waals surface area contributed by atoms with E-state index in [1.807, 2.05) is 18.2 Å². The Labute approximate surface area is 132 Å². The number of nitrogen functional groups attached to an aromatic ring is 1. The first-order chi connectivity index (χ1) is 10.5. The summed E-state index contributed by atoms with van der Waals surface area (Å²) < 4.78 is 5.22. The van der Waals surface area contributed by atoms with Gasteiger partial charge in [-0.25, -0.2) is 0 Å². The van der Waals surface area contributed by atoms with Crippen LogP contribution in [0.2, 0.25) is 0 Å². The van der Waals surface area contributed by atoms with Gasteiger partial charge < -0.3 is 10.5 Å². The number of hydrogen-bond acceptors (Lipinski definition) is 3. The molecule has 3 nitrogen and oxygen atoms in total. The van der Waals surface area contributed by atoms with Crippen LogP contribution in [0.3, 0.4) is 0 Å². The molecular weight excluding hydrogens is 272 g/mol. The van der Waals surface area contributed by atoms with Gasteiger partial charge in [-0.1, -0.05) is 32.0 Å². The van der Waals surface area contributed by atoms with E-state index in [0.29, 0.717) is 0 Å². The lowest BCUT2D eigenvalue weighted by Gasteiger charge is -2.40. The van der Waals surface area contributed by atoms with E-state index >= 15 is 0 Å². The molecule has 0 saturated heterocycles. The number of hydrogen-bond donors (Lipinski definition) is 1. The van der Waals surface area contributed by atoms with E-state index in [4.69, 9.17) is 10.5 Å². The highest BCUT2D eigenvalue weighted by Crippen LogP contribution is 2.35. The zero-order valence-corrected chi connectivity index (χ0v) is 13.6. The van der Waals surface area contributed by atoms with Crippen LogP contribution in [0.25, 0.3) is 0 Å². The van der Waals surface area contributed by atoms with E-state index in [9.17, 15) is 0 Å². The molecule has 22 heavy (non-hydrogen) atoms. The van der Waals surface area contributed by atoms with Crippen molar-refractivity contribution in [3.63, 3.8) is 0 Å². The Balaban J connectivity index is 1.81. The highest BCUT2D eigenvalue weighted by molar-refractivity contribution is 5.48. The van der Waals surface area contributed by atoms with Crippen LogP contribution < -0.4 is 10.5 Å². The Morgan fingerprint density at radius 2 is 1.86 bits per heavy atom. The van der Waals surface area contributed by atoms with Gasteiger partial charge in [0.25, 0.3) is 0 Å². The summed E-state index contributed by atoms with van der Waals surface area (Å²) in [5.74, 6) is 0.904. The number of benzene rings is 2. The van der Waals surface area contributed by atoms with Gasteiger partial charge in [0.05, 0.1) is 7.11 Å². The van der Waals surface area contributed by atoms with Crippen molar-refractivity contribution in [2.45, 2.75) is 32.4 Å². The Kier molecular flexibility index (Phi) is 3.83. The van der Waals surface area contributed by atoms with Gasteiger partial charge in [-0.3, -0.25) is 4.90 Å². The monoisotopic (exact) mass is 296 g/mol. The Morgan fingerprint density at radius 3 is 2.55 bits per heavy atom. The van der Waals surface area contributed by atoms with E-state index in [0.717, 1.165) is 31.1 Å². The molecule has 2 aromatic rings. The summed E-state index contributed by atoms with van der Waals surface area (Å²) in [5, 5.41) is 0. The SMILES string of the molecule is COc1ccc(CN2Cc3cc(N)ccc3C(C)(C)C2)cc1. The number of ether oxygens (including phenoxy) is 1. The molecule has 0 spiro atoms. The van der Waals surface area contributed by atoms with Gasteiger partial charge in [-0.05, 0) is 41.0 Å². The molecule has 0 amide bonds. The molecule has 0 unspecified atom stereocenters. The highest BCUT2D eigenvalue weighted by Gasteiger charge is 2.31. The highest BCUT2D eigenvalue weighted by atomic mass is 16.5. The predicted molar refractivity (Wildman–Crippen MR) is 91.0 cm³/mol. The number of fused-ring (bicyclic) bond motifs is 1. The molecule has 0 aliphatic carbocycles. The summed E-state index contributed by atoms with van der Waals surface area (Å²) in [7, 11) is 1.70. The largest absolute Gasteiger partial charge is 0.497 e. The maximum Gasteiger partial charge on any atom is 0.118 e. The molecule has 2 aromatic carbocycles. The topological polar surface area (TPSA) is 38.5 Å². The van der Waals surface area contributed by atoms with E-state index in [1.165, 1.54) is 16.7 Å². The molecule has 3 rings (SSSR count). The average molecular weight is 296 g/mol. The fraction of sp³-hybridized carbons (Fsp3) is 0.368. The molecule has 0 radical (unpaired) electrons. The van der Waals surface area contributed by atoms with Crippen molar-refractivity contribution in [1.29, 1.82) is 0 Å². The third-order valence-electron chi connectivity index (χ3n) is 4.44. The Bertz CT molecular complexity index is 662. The van der Waals surface area contributed by atoms with Gasteiger partial charge in [0.2, 0.25) is 0 Å². The standard InChI is InChI=1S/C19H24N2O/c1-19(2)13-21(11-14-4-7-17(22-3)8-5-14)12-15-10-16(20)6-9-18(15)19/h4-10H,11-13,20H2,1-3H3. The molecule has 0 saturated carbocycles. The van der Waals surface area contributed by atoms with Crippen molar-refractivity contribution in [3.8, 4) is 5.75 Å². The fourth-order valence-electron chi connectivity index (χ4n) is 3.45. The van der Waals surface area contributed by atoms with Crippen molar-refractivity contribution in [2.24, 2.45) is 0 Å². The van der Waals surface area contributed by atoms with Crippen LogP contribution in [0.1, 0.15) is 30.5 Å². The van der Waals surface area contributed by atoms with Crippen molar-refractivity contribution in [2.75, 3.05) is 19.4 Å². The summed E-state index contributed by atoms with van der Waals surface area (Å²) in [6.07, 6.45) is 0. The van der Waals surface area contributed by atoms with Crippen LogP contribution in [0.15, 0.2) is 42.5 Å². The number of nitrogens with two attached hydrogens (primary N) is 1. The van der Waals surface area contributed by atoms with Crippen LogP contribution in [-0.4, -0.2) is 18.6 Å². The lowest BCUT2D eigenvalue weighted by molar-refractivity contribution is 0.186. The molecule has 2 N–H and O–H groups in total. The summed E-state index contributed by atoms with van der Waals surface area (Å²) in [4.78, 5) is 2.49. The molecule has 0 aromatic heterocycles. The zero-order chi connectivity index (χ0) is 15.7. The fourth-order valence-corrected chi connectivity index (χ4v) is 3.45. The summed E-state index contributed by atoms with van der Waals surface area (Å²) in [6, 6.07) is 14.7. The molecule has 1 aliphatic rings. The number of methoxy groups -OCH3 is 1. The molecule has 0 fully saturated rings. The second kappa shape index (κ2) is 5.65. The molecular formula is C19H24N2O. The summed E-state index contributed by atoms with van der Waals surface area (Å²) in [6.45, 7) is 7.57. The molecule has 1 aliphatic heterocycles. The maximum atomic E-state index is 5.97. The Hall–Kier alpha value is -2.00. The van der Waals surface area contributed by atoms with Crippen molar-refractivity contribution >= 4 is 5.69 Å². The van der Waals surface area contributed by atoms with Gasteiger partial charge in [0.15, 0.2) is 0 Å². The van der Waals surface area contributed by atoms with E-state index < -0.39 is 0 Å². The van der Waals surface area contributed by atoms with Crippen LogP contribution >= 0.6 is 0 Å². The number of rotatable bonds is 3. The van der Waals surface area contributed by atoms with Gasteiger partial charge in [-0.15, -0.1) is 0 Å². The van der Waals surface area contributed by atoms with Crippen LogP contribution in [0.5, 0.6) is 5.75 Å². The molecule has 3 heteroatoms. The van der Waals surface area contributed by atoms with Gasteiger partial charge in [0, 0.05) is 30.7 Å². The van der Waals surface area contributed by atoms with E-state index in [-0.39, 0.29) is 5.41 Å². The van der Waals surface area contributed by atoms with Crippen molar-refractivity contribution in [3.05, 3.63) is 59.2 Å². The Morgan fingerprint density at radius 1 is 1.14 bits per heavy atom. The lowest BCUT2D eigenvalue weighted by atomic mass is 9.78. The zero-order valence-electron chi connectivity index (χ0n) is 13.6. The lowest BCUT2D eigenvalue weighted by Crippen LogP contribution is -2.41. The first kappa shape index (κ1) is 14.9. The normalized spacial score (nSPS) is 17.0. The summed E-state index contributed by atoms with van der Waals surface area (Å²) in [5.41, 5.74) is 11.0. The van der Waals surface area contributed by atoms with Crippen molar-refractivity contribution < 1.29 is 4.74 Å². The average Bonchev–Trinajstić information content (AvgIpc) is 2.46. The molecule has 0 atom stereocenters. The maximum absolute atomic E-state index is 5.97. The van der Waals surface area contributed by atoms with E-state index in [2.05, 4.69) is 43.0 Å². The first-order valence-corrected chi connectivity index (χ1v) is 7.72. The minimum Gasteiger partial charge on any atom is -0.497 e. The van der Waals surface area contributed by atoms with Crippen LogP contribution in [0, 0.1) is 0 Å². The van der Waals surface area contributed by atoms with Gasteiger partial charge in [-0.2, -0.15) is 0 Å². The molecule has 1 heterocycles. The third-order valence-corrected chi connectivity index (χ3v) is 4.44. The van der Waals surface area contributed by atoms with E-state index in [1.54, 1.807) is 7.11 Å². The van der Waals surface area contributed by atoms with Crippen molar-refractivity contribution in [1.82, 2.24) is 4.90 Å². The number of nitrogens with zero attached hydrogens (tertiary/aromatic N) is 1. The van der Waals surface area contributed by atoms with Crippen LogP contribution in [0.4, 0.5) is 5.69 Å². The third kappa shape index (κ3) is 2.95. The predicted octanol–water partition coefficient (Wildman–Crippen LogP) is 3.57. The second-order valence-corrected chi connectivity index (χ2v) is 6.79. The smallest absolute Gasteiger partial charge is 0.118 e. The minimum absolute atomic E-state index is 0.147. The van der Waals surface area contributed by atoms with Crippen LogP contribution in [-0.2, 0) is 18.5 Å². The number of anilines is 1. The summed E-state index contributed by atoms with van der Waals surface area (Å²) >= 11 is 0. The minimum atomic E-state index is 0.147. The molecule has 116 valence electrons. The van der Waals surface area contributed by atoms with Gasteiger partial charge in [0.1, 0.15) is 5.75 Å². The van der Waals surface area contributed by atoms with Gasteiger partial charge >= 0.3 is 0 Å². The first-order valence-electron chi connectivity index (χ1n) is 7.72.